The molecule has 2 aromatic rings. The molecule has 208 valence electrons. The first-order valence-corrected chi connectivity index (χ1v) is 19.7. The third kappa shape index (κ3) is 23.8. The Bertz CT molecular complexity index is 517. The Balaban J connectivity index is 0. The van der Waals surface area contributed by atoms with Gasteiger partial charge in [0.1, 0.15) is 0 Å². The van der Waals surface area contributed by atoms with Crippen molar-refractivity contribution in [1.29, 1.82) is 0 Å². The van der Waals surface area contributed by atoms with Crippen LogP contribution in [0.1, 0.15) is 38.5 Å². The van der Waals surface area contributed by atoms with E-state index in [2.05, 4.69) is 62.0 Å². The first kappa shape index (κ1) is 36.2. The van der Waals surface area contributed by atoms with Gasteiger partial charge in [0.2, 0.25) is 0 Å². The molecule has 2 fully saturated rings. The van der Waals surface area contributed by atoms with E-state index in [0.29, 0.717) is 12.1 Å². The molecule has 6 heteroatoms. The maximum Gasteiger partial charge on any atom is 0 e. The molecule has 0 saturated carbocycles. The van der Waals surface area contributed by atoms with Crippen LogP contribution >= 0.6 is 0 Å². The number of piperidine rings is 2. The van der Waals surface area contributed by atoms with Crippen LogP contribution in [0.5, 0.6) is 0 Å². The molecule has 2 saturated heterocycles. The Morgan fingerprint density at radius 1 is 0.618 bits per heavy atom. The second-order valence-electron chi connectivity index (χ2n) is 10.9. The zero-order valence-electron chi connectivity index (χ0n) is 22.3. The van der Waals surface area contributed by atoms with E-state index in [1.165, 1.54) is 38.5 Å². The summed E-state index contributed by atoms with van der Waals surface area (Å²) in [4.78, 5) is 0. The van der Waals surface area contributed by atoms with E-state index in [9.17, 15) is 0 Å². The molecular formula is C28H48N2Ni2Si2-10. The second-order valence-corrected chi connectivity index (χ2v) is 21.1. The number of rotatable bonds is 4. The third-order valence-electron chi connectivity index (χ3n) is 5.04. The minimum Gasteiger partial charge on any atom is -0.748 e. The smallest absolute Gasteiger partial charge is 0 e. The molecule has 2 nitrogen and oxygen atoms in total. The second kappa shape index (κ2) is 21.2. The van der Waals surface area contributed by atoms with E-state index in [1.807, 2.05) is 60.7 Å². The topological polar surface area (TPSA) is 28.2 Å². The molecule has 4 rings (SSSR count). The van der Waals surface area contributed by atoms with Crippen molar-refractivity contribution < 1.29 is 33.0 Å². The Kier molecular flexibility index (Phi) is 22.5. The maximum absolute atomic E-state index is 4.59. The molecular weight excluding hydrogens is 538 g/mol. The average molecular weight is 586 g/mol. The van der Waals surface area contributed by atoms with Gasteiger partial charge in [-0.05, 0) is 0 Å². The Hall–Kier alpha value is 0.0408. The van der Waals surface area contributed by atoms with Gasteiger partial charge >= 0.3 is 0 Å². The number of nitrogens with zero attached hydrogens (tertiary/aromatic N) is 2. The Morgan fingerprint density at radius 2 is 0.971 bits per heavy atom. The molecule has 34 heavy (non-hydrogen) atoms. The van der Waals surface area contributed by atoms with Crippen molar-refractivity contribution in [3.63, 3.8) is 0 Å². The quantitative estimate of drug-likeness (QED) is 0.253. The SMILES string of the molecule is C[Si](C)(C)[CH-]C1CCCC[N-]1.C[Si](C)(C)[CH-]C1CCCC[N-]1.[Ni].[Ni].[cH-]1[cH-][cH-][cH-][cH-]1.c1cc[cH-]c1. The molecule has 0 aliphatic carbocycles. The molecule has 2 heterocycles. The van der Waals surface area contributed by atoms with Crippen LogP contribution in [0.15, 0.2) is 60.7 Å². The summed E-state index contributed by atoms with van der Waals surface area (Å²) in [7, 11) is -1.93. The average Bonchev–Trinajstić information content (AvgIpc) is 3.47. The fraction of sp³-hybridized carbons (Fsp3) is 0.571. The van der Waals surface area contributed by atoms with Crippen LogP contribution in [0.4, 0.5) is 0 Å². The Morgan fingerprint density at radius 3 is 1.18 bits per heavy atom. The van der Waals surface area contributed by atoms with Crippen molar-refractivity contribution in [2.75, 3.05) is 13.1 Å². The van der Waals surface area contributed by atoms with E-state index < -0.39 is 16.1 Å². The van der Waals surface area contributed by atoms with Crippen LogP contribution in [0.25, 0.3) is 10.6 Å². The van der Waals surface area contributed by atoms with E-state index in [1.54, 1.807) is 0 Å². The van der Waals surface area contributed by atoms with Gasteiger partial charge in [-0.2, -0.15) is 31.3 Å². The third-order valence-corrected chi connectivity index (χ3v) is 7.81. The molecule has 0 radical (unpaired) electrons. The first-order valence-electron chi connectivity index (χ1n) is 12.5. The van der Waals surface area contributed by atoms with Crippen molar-refractivity contribution in [2.24, 2.45) is 0 Å². The summed E-state index contributed by atoms with van der Waals surface area (Å²) in [5.74, 6) is 0. The summed E-state index contributed by atoms with van der Waals surface area (Å²) in [5, 5.41) is 9.19. The van der Waals surface area contributed by atoms with Crippen LogP contribution in [0.2, 0.25) is 39.3 Å². The van der Waals surface area contributed by atoms with Crippen molar-refractivity contribution in [3.8, 4) is 0 Å². The van der Waals surface area contributed by atoms with Gasteiger partial charge in [0.05, 0.1) is 0 Å². The van der Waals surface area contributed by atoms with Crippen LogP contribution in [-0.4, -0.2) is 41.3 Å². The molecule has 0 bridgehead atoms. The van der Waals surface area contributed by atoms with Crippen LogP contribution in [0.3, 0.4) is 0 Å². The summed E-state index contributed by atoms with van der Waals surface area (Å²) in [6.07, 6.45) is 8.02. The van der Waals surface area contributed by atoms with E-state index in [4.69, 9.17) is 0 Å². The molecule has 0 spiro atoms. The minimum atomic E-state index is -0.963. The van der Waals surface area contributed by atoms with Gasteiger partial charge in [-0.1, -0.05) is 77.8 Å². The summed E-state index contributed by atoms with van der Waals surface area (Å²) in [6, 6.07) is 26.3. The van der Waals surface area contributed by atoms with Gasteiger partial charge in [-0.25, -0.2) is 12.1 Å². The van der Waals surface area contributed by atoms with Gasteiger partial charge in [-0.15, -0.1) is 16.1 Å². The van der Waals surface area contributed by atoms with Gasteiger partial charge in [0, 0.05) is 33.0 Å². The summed E-state index contributed by atoms with van der Waals surface area (Å²) in [5.41, 5.74) is 0. The summed E-state index contributed by atoms with van der Waals surface area (Å²) >= 11 is 0. The normalized spacial score (nSPS) is 19.8. The monoisotopic (exact) mass is 584 g/mol. The number of hydrogen-bond donors (Lipinski definition) is 0. The van der Waals surface area contributed by atoms with Crippen molar-refractivity contribution in [1.82, 2.24) is 0 Å². The van der Waals surface area contributed by atoms with Crippen LogP contribution in [-0.2, 0) is 33.0 Å². The summed E-state index contributed by atoms with van der Waals surface area (Å²) in [6.45, 7) is 16.5. The van der Waals surface area contributed by atoms with E-state index in [-0.39, 0.29) is 33.0 Å². The molecule has 2 aliphatic rings. The van der Waals surface area contributed by atoms with Crippen molar-refractivity contribution in [3.05, 3.63) is 83.4 Å². The molecule has 2 aliphatic heterocycles. The van der Waals surface area contributed by atoms with Crippen molar-refractivity contribution in [2.45, 2.75) is 89.9 Å². The van der Waals surface area contributed by atoms with Crippen LogP contribution < -0.4 is 0 Å². The molecule has 0 aromatic heterocycles. The molecule has 0 amide bonds. The molecule has 2 unspecified atom stereocenters. The maximum atomic E-state index is 4.59. The standard InChI is InChI=1S/2C9H19NSi.2C5H5.2Ni/c2*1-11(2,3)8-9-6-4-5-7-10-9;2*1-2-4-5-3-1;;/h2*8-9H,4-7H2,1-3H3;2*1-5H;;/q2*-2;-5;-1;;. The zero-order chi connectivity index (χ0) is 23.7. The fourth-order valence-electron chi connectivity index (χ4n) is 3.70. The van der Waals surface area contributed by atoms with Gasteiger partial charge in [-0.3, -0.25) is 12.1 Å². The summed E-state index contributed by atoms with van der Waals surface area (Å²) < 4.78 is 0. The minimum absolute atomic E-state index is 0. The Labute approximate surface area is 234 Å². The number of hydrogen-bond acceptors (Lipinski definition) is 0. The van der Waals surface area contributed by atoms with Gasteiger partial charge in [0.15, 0.2) is 0 Å². The molecule has 2 aromatic carbocycles. The van der Waals surface area contributed by atoms with Gasteiger partial charge in [0.25, 0.3) is 0 Å². The van der Waals surface area contributed by atoms with Crippen molar-refractivity contribution >= 4 is 16.1 Å². The van der Waals surface area contributed by atoms with E-state index >= 15 is 0 Å². The predicted octanol–water partition coefficient (Wildman–Crippen LogP) is 8.79. The largest absolute Gasteiger partial charge is 0.748 e. The first-order chi connectivity index (χ1) is 15.2. The molecule has 2 atom stereocenters. The molecule has 0 N–H and O–H groups in total. The van der Waals surface area contributed by atoms with Gasteiger partial charge < -0.3 is 53.1 Å². The van der Waals surface area contributed by atoms with E-state index in [0.717, 1.165) is 13.1 Å². The zero-order valence-corrected chi connectivity index (χ0v) is 26.2. The van der Waals surface area contributed by atoms with Crippen LogP contribution in [0, 0.1) is 12.1 Å². The fourth-order valence-corrected chi connectivity index (χ4v) is 6.55. The predicted molar refractivity (Wildman–Crippen MR) is 151 cm³/mol.